The van der Waals surface area contributed by atoms with Crippen LogP contribution >= 0.6 is 15.9 Å². The van der Waals surface area contributed by atoms with Crippen LogP contribution in [0.25, 0.3) is 0 Å². The third-order valence-electron chi connectivity index (χ3n) is 6.87. The minimum absolute atomic E-state index is 0.0991. The van der Waals surface area contributed by atoms with Crippen LogP contribution in [0, 0.1) is 0 Å². The third kappa shape index (κ3) is 10.0. The molecule has 9 heteroatoms. The van der Waals surface area contributed by atoms with Crippen molar-refractivity contribution >= 4 is 43.5 Å². The number of benzene rings is 3. The second-order valence-corrected chi connectivity index (χ2v) is 12.9. The van der Waals surface area contributed by atoms with E-state index in [0.717, 1.165) is 34.0 Å². The number of rotatable bonds is 15. The van der Waals surface area contributed by atoms with Crippen molar-refractivity contribution in [2.75, 3.05) is 23.7 Å². The maximum absolute atomic E-state index is 13.8. The van der Waals surface area contributed by atoms with Crippen LogP contribution in [-0.4, -0.2) is 50.5 Å². The Labute approximate surface area is 253 Å². The van der Waals surface area contributed by atoms with Gasteiger partial charge in [0, 0.05) is 36.9 Å². The van der Waals surface area contributed by atoms with Gasteiger partial charge in [-0.3, -0.25) is 13.9 Å². The molecule has 0 fully saturated rings. The first-order valence-electron chi connectivity index (χ1n) is 14.0. The van der Waals surface area contributed by atoms with Crippen molar-refractivity contribution < 1.29 is 18.0 Å². The van der Waals surface area contributed by atoms with E-state index >= 15 is 0 Å². The quantitative estimate of drug-likeness (QED) is 0.230. The highest BCUT2D eigenvalue weighted by atomic mass is 79.9. The second kappa shape index (κ2) is 15.7. The van der Waals surface area contributed by atoms with Crippen LogP contribution in [0.4, 0.5) is 5.69 Å². The third-order valence-corrected chi connectivity index (χ3v) is 8.59. The number of nitrogens with zero attached hydrogens (tertiary/aromatic N) is 2. The number of nitrogens with one attached hydrogen (secondary N) is 1. The highest BCUT2D eigenvalue weighted by Gasteiger charge is 2.30. The van der Waals surface area contributed by atoms with Crippen molar-refractivity contribution in [3.05, 3.63) is 100 Å². The molecule has 1 N–H and O–H groups in total. The Bertz CT molecular complexity index is 1360. The van der Waals surface area contributed by atoms with Crippen LogP contribution in [0.5, 0.6) is 0 Å². The van der Waals surface area contributed by atoms with E-state index in [9.17, 15) is 18.0 Å². The molecule has 2 amide bonds. The molecule has 0 aliphatic carbocycles. The van der Waals surface area contributed by atoms with E-state index in [1.54, 1.807) is 17.0 Å². The Morgan fingerprint density at radius 2 is 1.51 bits per heavy atom. The van der Waals surface area contributed by atoms with Gasteiger partial charge >= 0.3 is 0 Å². The maximum atomic E-state index is 13.8. The normalized spacial score (nSPS) is 12.0. The summed E-state index contributed by atoms with van der Waals surface area (Å²) in [4.78, 5) is 28.9. The summed E-state index contributed by atoms with van der Waals surface area (Å²) in [5.41, 5.74) is 3.55. The van der Waals surface area contributed by atoms with E-state index in [2.05, 4.69) is 21.2 Å². The second-order valence-electron chi connectivity index (χ2n) is 10.1. The van der Waals surface area contributed by atoms with E-state index in [1.165, 1.54) is 10.6 Å². The van der Waals surface area contributed by atoms with Gasteiger partial charge in [0.15, 0.2) is 0 Å². The van der Waals surface area contributed by atoms with Gasteiger partial charge in [0.1, 0.15) is 6.04 Å². The van der Waals surface area contributed by atoms with Crippen LogP contribution in [0.1, 0.15) is 49.8 Å². The van der Waals surface area contributed by atoms with E-state index in [4.69, 9.17) is 0 Å². The summed E-state index contributed by atoms with van der Waals surface area (Å²) in [5, 5.41) is 2.98. The molecule has 0 aromatic heterocycles. The van der Waals surface area contributed by atoms with E-state index < -0.39 is 16.1 Å². The maximum Gasteiger partial charge on any atom is 0.243 e. The van der Waals surface area contributed by atoms with Gasteiger partial charge in [-0.15, -0.1) is 0 Å². The zero-order valence-corrected chi connectivity index (χ0v) is 26.5. The van der Waals surface area contributed by atoms with Crippen LogP contribution < -0.4 is 9.62 Å². The zero-order valence-electron chi connectivity index (χ0n) is 24.1. The minimum atomic E-state index is -3.55. The highest BCUT2D eigenvalue weighted by molar-refractivity contribution is 9.10. The van der Waals surface area contributed by atoms with Crippen molar-refractivity contribution in [3.63, 3.8) is 0 Å². The highest BCUT2D eigenvalue weighted by Crippen LogP contribution is 2.21. The first-order chi connectivity index (χ1) is 19.6. The molecule has 0 spiro atoms. The molecular weight excluding hydrogens is 602 g/mol. The smallest absolute Gasteiger partial charge is 0.243 e. The number of anilines is 1. The lowest BCUT2D eigenvalue weighted by Gasteiger charge is -2.32. The molecule has 0 saturated carbocycles. The molecule has 0 saturated heterocycles. The molecule has 0 radical (unpaired) electrons. The standard InChI is InChI=1S/C32H40BrN3O4S/c1-4-21-34-32(38)30(23-26-10-7-6-8-11-26)35(24-27-13-17-28(33)18-14-27)31(37)12-9-22-36(41(3,39)40)29-19-15-25(5-2)16-20-29/h6-8,10-11,13-20,30H,4-5,9,12,21-24H2,1-3H3,(H,34,38)/t30-/m0/s1. The molecule has 0 aliphatic rings. The molecule has 0 unspecified atom stereocenters. The van der Waals surface area contributed by atoms with Gasteiger partial charge in [-0.2, -0.15) is 0 Å². The number of aryl methyl sites for hydroxylation is 1. The number of carbonyl (C=O) groups is 2. The molecule has 3 aromatic carbocycles. The molecule has 1 atom stereocenters. The minimum Gasteiger partial charge on any atom is -0.354 e. The lowest BCUT2D eigenvalue weighted by Crippen LogP contribution is -2.50. The predicted octanol–water partition coefficient (Wildman–Crippen LogP) is 5.72. The van der Waals surface area contributed by atoms with Crippen molar-refractivity contribution in [2.24, 2.45) is 0 Å². The molecule has 3 rings (SSSR count). The largest absolute Gasteiger partial charge is 0.354 e. The first kappa shape index (κ1) is 32.3. The summed E-state index contributed by atoms with van der Waals surface area (Å²) < 4.78 is 27.5. The summed E-state index contributed by atoms with van der Waals surface area (Å²) in [6, 6.07) is 24.1. The molecule has 0 heterocycles. The van der Waals surface area contributed by atoms with Gasteiger partial charge in [0.25, 0.3) is 0 Å². The number of hydrogen-bond donors (Lipinski definition) is 1. The summed E-state index contributed by atoms with van der Waals surface area (Å²) >= 11 is 3.46. The Morgan fingerprint density at radius 1 is 0.878 bits per heavy atom. The number of amides is 2. The number of halogens is 1. The summed E-state index contributed by atoms with van der Waals surface area (Å²) in [5.74, 6) is -0.398. The monoisotopic (exact) mass is 641 g/mol. The summed E-state index contributed by atoms with van der Waals surface area (Å²) in [6.07, 6.45) is 3.60. The van der Waals surface area contributed by atoms with Gasteiger partial charge in [-0.25, -0.2) is 8.42 Å². The molecule has 3 aromatic rings. The van der Waals surface area contributed by atoms with Gasteiger partial charge < -0.3 is 10.2 Å². The lowest BCUT2D eigenvalue weighted by atomic mass is 10.0. The Balaban J connectivity index is 1.85. The van der Waals surface area contributed by atoms with Crippen LogP contribution in [0.2, 0.25) is 0 Å². The first-order valence-corrected chi connectivity index (χ1v) is 16.7. The van der Waals surface area contributed by atoms with Gasteiger partial charge in [0.05, 0.1) is 11.9 Å². The zero-order chi connectivity index (χ0) is 29.8. The molecule has 7 nitrogen and oxygen atoms in total. The molecule has 220 valence electrons. The van der Waals surface area contributed by atoms with Crippen molar-refractivity contribution in [1.29, 1.82) is 0 Å². The van der Waals surface area contributed by atoms with Crippen molar-refractivity contribution in [3.8, 4) is 0 Å². The summed E-state index contributed by atoms with van der Waals surface area (Å²) in [7, 11) is -3.55. The Morgan fingerprint density at radius 3 is 2.10 bits per heavy atom. The van der Waals surface area contributed by atoms with E-state index in [1.807, 2.05) is 80.6 Å². The number of sulfonamides is 1. The number of carbonyl (C=O) groups excluding carboxylic acids is 2. The van der Waals surface area contributed by atoms with E-state index in [0.29, 0.717) is 25.1 Å². The molecule has 0 bridgehead atoms. The van der Waals surface area contributed by atoms with Crippen molar-refractivity contribution in [2.45, 2.75) is 58.5 Å². The van der Waals surface area contributed by atoms with Gasteiger partial charge in [-0.05, 0) is 60.2 Å². The average molecular weight is 643 g/mol. The van der Waals surface area contributed by atoms with E-state index in [-0.39, 0.29) is 31.3 Å². The average Bonchev–Trinajstić information content (AvgIpc) is 2.96. The summed E-state index contributed by atoms with van der Waals surface area (Å²) in [6.45, 7) is 4.97. The topological polar surface area (TPSA) is 86.8 Å². The fourth-order valence-electron chi connectivity index (χ4n) is 4.61. The lowest BCUT2D eigenvalue weighted by molar-refractivity contribution is -0.141. The van der Waals surface area contributed by atoms with Gasteiger partial charge in [0.2, 0.25) is 21.8 Å². The van der Waals surface area contributed by atoms with Gasteiger partial charge in [-0.1, -0.05) is 84.4 Å². The van der Waals surface area contributed by atoms with Crippen molar-refractivity contribution in [1.82, 2.24) is 10.2 Å². The van der Waals surface area contributed by atoms with Crippen LogP contribution in [0.15, 0.2) is 83.3 Å². The van der Waals surface area contributed by atoms with Crippen LogP contribution in [-0.2, 0) is 39.0 Å². The molecule has 0 aliphatic heterocycles. The molecular formula is C32H40BrN3O4S. The van der Waals surface area contributed by atoms with Crippen LogP contribution in [0.3, 0.4) is 0 Å². The Kier molecular flexibility index (Phi) is 12.4. The Hall–Kier alpha value is -3.17. The predicted molar refractivity (Wildman–Crippen MR) is 169 cm³/mol. The fourth-order valence-corrected chi connectivity index (χ4v) is 5.84. The SMILES string of the molecule is CCCNC(=O)[C@H](Cc1ccccc1)N(Cc1ccc(Br)cc1)C(=O)CCCN(c1ccc(CC)cc1)S(C)(=O)=O. The fraction of sp³-hybridized carbons (Fsp3) is 0.375. The number of hydrogen-bond acceptors (Lipinski definition) is 4. The molecule has 41 heavy (non-hydrogen) atoms.